The van der Waals surface area contributed by atoms with Gasteiger partial charge in [-0.3, -0.25) is 14.6 Å². The van der Waals surface area contributed by atoms with Crippen LogP contribution in [-0.2, 0) is 9.53 Å². The molecular weight excluding hydrogens is 459 g/mol. The van der Waals surface area contributed by atoms with Crippen LogP contribution in [0.2, 0.25) is 0 Å². The van der Waals surface area contributed by atoms with Crippen LogP contribution < -0.4 is 10.6 Å². The molecule has 178 valence electrons. The Balaban J connectivity index is 1.24. The summed E-state index contributed by atoms with van der Waals surface area (Å²) in [6, 6.07) is 2.95. The first-order valence-corrected chi connectivity index (χ1v) is 12.1. The number of thiophene rings is 1. The predicted octanol–water partition coefficient (Wildman–Crippen LogP) is 2.62. The Labute approximate surface area is 199 Å². The second-order valence-electron chi connectivity index (χ2n) is 8.72. The van der Waals surface area contributed by atoms with E-state index in [-0.39, 0.29) is 29.7 Å². The van der Waals surface area contributed by atoms with Crippen molar-refractivity contribution in [3.63, 3.8) is 0 Å². The maximum atomic E-state index is 13.5. The molecule has 3 aromatic rings. The fraction of sp³-hybridized carbons (Fsp3) is 0.435. The molecule has 0 radical (unpaired) electrons. The van der Waals surface area contributed by atoms with Crippen molar-refractivity contribution in [2.45, 2.75) is 19.4 Å². The van der Waals surface area contributed by atoms with Crippen molar-refractivity contribution in [1.82, 2.24) is 25.2 Å². The Bertz CT molecular complexity index is 1210. The number of ether oxygens (including phenoxy) is 1. The molecule has 0 aliphatic carbocycles. The highest BCUT2D eigenvalue weighted by atomic mass is 32.1. The summed E-state index contributed by atoms with van der Waals surface area (Å²) in [5.74, 6) is -0.108. The van der Waals surface area contributed by atoms with E-state index in [1.54, 1.807) is 11.1 Å². The minimum absolute atomic E-state index is 0.0247. The summed E-state index contributed by atoms with van der Waals surface area (Å²) in [6.45, 7) is 4.63. The van der Waals surface area contributed by atoms with E-state index in [0.29, 0.717) is 55.6 Å². The highest BCUT2D eigenvalue weighted by Gasteiger charge is 2.34. The second-order valence-corrected chi connectivity index (χ2v) is 9.63. The van der Waals surface area contributed by atoms with Crippen LogP contribution in [0.1, 0.15) is 35.4 Å². The molecular formula is C23H25FN6O3S. The van der Waals surface area contributed by atoms with E-state index in [2.05, 4.69) is 25.6 Å². The first-order chi connectivity index (χ1) is 16.5. The fourth-order valence-electron chi connectivity index (χ4n) is 4.16. The number of fused-ring (bicyclic) bond motifs is 1. The van der Waals surface area contributed by atoms with Crippen LogP contribution in [-0.4, -0.2) is 64.5 Å². The van der Waals surface area contributed by atoms with E-state index in [1.807, 2.05) is 18.4 Å². The van der Waals surface area contributed by atoms with E-state index in [1.165, 1.54) is 17.4 Å². The van der Waals surface area contributed by atoms with Crippen molar-refractivity contribution >= 4 is 39.3 Å². The lowest BCUT2D eigenvalue weighted by Gasteiger charge is -2.39. The molecule has 11 heteroatoms. The van der Waals surface area contributed by atoms with Gasteiger partial charge >= 0.3 is 0 Å². The van der Waals surface area contributed by atoms with E-state index in [4.69, 9.17) is 4.74 Å². The number of carbonyl (C=O) groups is 2. The Morgan fingerprint density at radius 3 is 2.94 bits per heavy atom. The third-order valence-electron chi connectivity index (χ3n) is 6.19. The van der Waals surface area contributed by atoms with Crippen LogP contribution >= 0.6 is 11.3 Å². The molecule has 2 saturated heterocycles. The van der Waals surface area contributed by atoms with Gasteiger partial charge in [0.25, 0.3) is 5.91 Å². The van der Waals surface area contributed by atoms with Crippen molar-refractivity contribution in [3.8, 4) is 0 Å². The minimum atomic E-state index is -0.420. The first kappa shape index (κ1) is 22.6. The lowest BCUT2D eigenvalue weighted by Crippen LogP contribution is -2.54. The zero-order chi connectivity index (χ0) is 23.7. The molecule has 9 nitrogen and oxygen atoms in total. The molecule has 2 aliphatic rings. The lowest BCUT2D eigenvalue weighted by molar-refractivity contribution is -0.125. The van der Waals surface area contributed by atoms with Crippen LogP contribution in [0.15, 0.2) is 29.9 Å². The van der Waals surface area contributed by atoms with E-state index in [9.17, 15) is 14.0 Å². The smallest absolute Gasteiger partial charge is 0.274 e. The largest absolute Gasteiger partial charge is 0.381 e. The average molecular weight is 485 g/mol. The van der Waals surface area contributed by atoms with Crippen molar-refractivity contribution in [3.05, 3.63) is 47.0 Å². The molecule has 3 aromatic heterocycles. The van der Waals surface area contributed by atoms with Gasteiger partial charge in [-0.25, -0.2) is 14.4 Å². The molecule has 2 aliphatic heterocycles. The summed E-state index contributed by atoms with van der Waals surface area (Å²) in [6.07, 6.45) is 3.49. The number of anilines is 1. The molecule has 34 heavy (non-hydrogen) atoms. The normalized spacial score (nSPS) is 19.1. The summed E-state index contributed by atoms with van der Waals surface area (Å²) in [5.41, 5.74) is 1.68. The Morgan fingerprint density at radius 1 is 1.32 bits per heavy atom. The summed E-state index contributed by atoms with van der Waals surface area (Å²) in [5, 5.41) is 8.01. The van der Waals surface area contributed by atoms with Crippen LogP contribution in [0.3, 0.4) is 0 Å². The molecule has 0 aromatic carbocycles. The number of rotatable bonds is 7. The van der Waals surface area contributed by atoms with Gasteiger partial charge in [-0.15, -0.1) is 11.3 Å². The monoisotopic (exact) mass is 484 g/mol. The number of hydrogen-bond donors (Lipinski definition) is 2. The third-order valence-corrected chi connectivity index (χ3v) is 7.10. The molecule has 5 heterocycles. The van der Waals surface area contributed by atoms with Crippen molar-refractivity contribution in [1.29, 1.82) is 0 Å². The molecule has 0 spiro atoms. The summed E-state index contributed by atoms with van der Waals surface area (Å²) >= 11 is 1.42. The number of hydrogen-bond acceptors (Lipinski definition) is 8. The maximum absolute atomic E-state index is 13.5. The molecule has 2 fully saturated rings. The third kappa shape index (κ3) is 4.71. The fourth-order valence-corrected chi connectivity index (χ4v) is 4.97. The molecule has 2 atom stereocenters. The molecule has 2 amide bonds. The number of carbonyl (C=O) groups excluding carboxylic acids is 2. The van der Waals surface area contributed by atoms with Crippen molar-refractivity contribution in [2.75, 3.05) is 38.2 Å². The van der Waals surface area contributed by atoms with Crippen LogP contribution in [0.5, 0.6) is 0 Å². The SMILES string of the molecule is C[C@H](Nc1nc(C(=O)N2CC(CNC(=O)C3CCOC3)C2)c2sccc2n1)c1cncc(F)c1. The van der Waals surface area contributed by atoms with Gasteiger partial charge in [-0.05, 0) is 36.4 Å². The Morgan fingerprint density at radius 2 is 2.18 bits per heavy atom. The van der Waals surface area contributed by atoms with Crippen molar-refractivity contribution in [2.24, 2.45) is 11.8 Å². The first-order valence-electron chi connectivity index (χ1n) is 11.2. The Hall–Kier alpha value is -3.18. The highest BCUT2D eigenvalue weighted by Crippen LogP contribution is 2.28. The van der Waals surface area contributed by atoms with Gasteiger partial charge in [0.1, 0.15) is 5.82 Å². The minimum Gasteiger partial charge on any atom is -0.381 e. The van der Waals surface area contributed by atoms with Gasteiger partial charge < -0.3 is 20.3 Å². The van der Waals surface area contributed by atoms with Gasteiger partial charge in [0.05, 0.1) is 35.0 Å². The molecule has 5 rings (SSSR count). The van der Waals surface area contributed by atoms with Crippen molar-refractivity contribution < 1.29 is 18.7 Å². The van der Waals surface area contributed by atoms with Crippen LogP contribution in [0.4, 0.5) is 10.3 Å². The average Bonchev–Trinajstić information content (AvgIpc) is 3.49. The highest BCUT2D eigenvalue weighted by molar-refractivity contribution is 7.17. The maximum Gasteiger partial charge on any atom is 0.274 e. The van der Waals surface area contributed by atoms with Crippen LogP contribution in [0.25, 0.3) is 10.2 Å². The number of amides is 2. The zero-order valence-electron chi connectivity index (χ0n) is 18.7. The molecule has 0 saturated carbocycles. The van der Waals surface area contributed by atoms with Gasteiger partial charge in [0, 0.05) is 38.4 Å². The molecule has 2 N–H and O–H groups in total. The molecule has 1 unspecified atom stereocenters. The van der Waals surface area contributed by atoms with Gasteiger partial charge in [-0.2, -0.15) is 0 Å². The number of aromatic nitrogens is 3. The van der Waals surface area contributed by atoms with Gasteiger partial charge in [-0.1, -0.05) is 0 Å². The van der Waals surface area contributed by atoms with E-state index in [0.717, 1.165) is 17.3 Å². The number of nitrogens with zero attached hydrogens (tertiary/aromatic N) is 4. The van der Waals surface area contributed by atoms with E-state index >= 15 is 0 Å². The Kier molecular flexibility index (Phi) is 6.38. The second kappa shape index (κ2) is 9.59. The molecule has 0 bridgehead atoms. The summed E-state index contributed by atoms with van der Waals surface area (Å²) in [4.78, 5) is 40.1. The number of pyridine rings is 1. The zero-order valence-corrected chi connectivity index (χ0v) is 19.5. The predicted molar refractivity (Wildman–Crippen MR) is 125 cm³/mol. The number of nitrogens with one attached hydrogen (secondary N) is 2. The van der Waals surface area contributed by atoms with Gasteiger partial charge in [0.15, 0.2) is 5.69 Å². The number of halogens is 1. The topological polar surface area (TPSA) is 109 Å². The van der Waals surface area contributed by atoms with E-state index < -0.39 is 5.82 Å². The van der Waals surface area contributed by atoms with Gasteiger partial charge in [0.2, 0.25) is 11.9 Å². The summed E-state index contributed by atoms with van der Waals surface area (Å²) < 4.78 is 19.5. The lowest BCUT2D eigenvalue weighted by atomic mass is 9.99. The summed E-state index contributed by atoms with van der Waals surface area (Å²) in [7, 11) is 0. The van der Waals surface area contributed by atoms with Crippen LogP contribution in [0, 0.1) is 17.7 Å². The standard InChI is InChI=1S/C23H25FN6O3S/c1-13(16-6-17(24)9-25-8-16)27-23-28-18-3-5-34-20(18)19(29-23)22(32)30-10-14(11-30)7-26-21(31)15-2-4-33-12-15/h3,5-6,8-9,13-15H,2,4,7,10-12H2,1H3,(H,26,31)(H,27,28,29)/t13-,15?/m0/s1. The quantitative estimate of drug-likeness (QED) is 0.531. The number of likely N-dealkylation sites (tertiary alicyclic amines) is 1.